The molecule has 0 saturated carbocycles. The molecule has 0 atom stereocenters. The van der Waals surface area contributed by atoms with Crippen LogP contribution in [0.5, 0.6) is 0 Å². The number of rotatable bonds is 0. The van der Waals surface area contributed by atoms with Gasteiger partial charge >= 0.3 is 0 Å². The molecule has 2 N–H and O–H groups in total. The van der Waals surface area contributed by atoms with E-state index in [9.17, 15) is 0 Å². The zero-order valence-electron chi connectivity index (χ0n) is 5.89. The maximum Gasteiger partial charge on any atom is 0.0911 e. The van der Waals surface area contributed by atoms with Crippen LogP contribution in [0, 0.1) is 11.5 Å². The molecule has 1 aromatic rings. The van der Waals surface area contributed by atoms with Crippen LogP contribution in [0.3, 0.4) is 0 Å². The summed E-state index contributed by atoms with van der Waals surface area (Å²) in [6.07, 6.45) is 0. The van der Waals surface area contributed by atoms with E-state index in [1.165, 1.54) is 0 Å². The molecule has 0 amide bonds. The number of hydrogen-bond acceptors (Lipinski definition) is 1. The highest BCUT2D eigenvalue weighted by molar-refractivity contribution is 6.22. The summed E-state index contributed by atoms with van der Waals surface area (Å²) in [6.45, 7) is 0. The molecule has 1 rings (SSSR count). The average Bonchev–Trinajstić information content (AvgIpc) is 1.88. The molecule has 1 aromatic carbocycles. The number of hydrogen-bond donors (Lipinski definition) is 1. The summed E-state index contributed by atoms with van der Waals surface area (Å²) in [7, 11) is 0.920. The van der Waals surface area contributed by atoms with E-state index in [0.29, 0.717) is 0 Å². The molecule has 0 saturated heterocycles. The number of nitrogen functional groups attached to an aromatic ring is 1. The van der Waals surface area contributed by atoms with Crippen molar-refractivity contribution in [3.63, 3.8) is 0 Å². The molecule has 0 aliphatic heterocycles. The van der Waals surface area contributed by atoms with E-state index in [0.717, 1.165) is 21.5 Å². The van der Waals surface area contributed by atoms with Gasteiger partial charge in [-0.05, 0) is 18.2 Å². The highest BCUT2D eigenvalue weighted by Crippen LogP contribution is 2.03. The summed E-state index contributed by atoms with van der Waals surface area (Å²) in [4.78, 5) is 0. The Labute approximate surface area is 63.7 Å². The van der Waals surface area contributed by atoms with E-state index >= 15 is 0 Å². The van der Waals surface area contributed by atoms with E-state index in [1.54, 1.807) is 0 Å². The van der Waals surface area contributed by atoms with Gasteiger partial charge in [-0.1, -0.05) is 12.0 Å². The lowest BCUT2D eigenvalue weighted by Crippen LogP contribution is -1.83. The Morgan fingerprint density at radius 3 is 2.80 bits per heavy atom. The summed E-state index contributed by atoms with van der Waals surface area (Å²) < 4.78 is 0. The maximum absolute atomic E-state index is 5.53. The van der Waals surface area contributed by atoms with Crippen molar-refractivity contribution in [1.29, 1.82) is 0 Å². The molecule has 0 aliphatic carbocycles. The molecule has 0 aliphatic rings. The molecule has 10 heavy (non-hydrogen) atoms. The smallest absolute Gasteiger partial charge is 0.0911 e. The minimum atomic E-state index is 0.780. The molecule has 50 valence electrons. The molecular weight excluding hydrogens is 138 g/mol. The van der Waals surface area contributed by atoms with Crippen molar-refractivity contribution in [2.75, 3.05) is 5.73 Å². The minimum absolute atomic E-state index is 0.780. The van der Waals surface area contributed by atoms with Crippen LogP contribution in [-0.4, -0.2) is 10.2 Å². The van der Waals surface area contributed by atoms with Gasteiger partial charge in [0.15, 0.2) is 0 Å². The van der Waals surface area contributed by atoms with Crippen molar-refractivity contribution in [2.45, 2.75) is 0 Å². The van der Waals surface area contributed by atoms with Crippen LogP contribution >= 0.6 is 0 Å². The fourth-order valence-electron chi connectivity index (χ4n) is 0.761. The van der Waals surface area contributed by atoms with Crippen molar-refractivity contribution in [3.8, 4) is 11.5 Å². The van der Waals surface area contributed by atoms with Gasteiger partial charge < -0.3 is 5.73 Å². The Kier molecular flexibility index (Phi) is 2.14. The van der Waals surface area contributed by atoms with Crippen LogP contribution < -0.4 is 5.73 Å². The fourth-order valence-corrected chi connectivity index (χ4v) is 1.05. The highest BCUT2D eigenvalue weighted by Gasteiger charge is 1.84. The molecule has 2 heteroatoms. The predicted octanol–water partition coefficient (Wildman–Crippen LogP) is -0.0568. The van der Waals surface area contributed by atoms with Gasteiger partial charge in [0.1, 0.15) is 0 Å². The molecule has 0 aromatic heterocycles. The van der Waals surface area contributed by atoms with Crippen LogP contribution in [0.25, 0.3) is 0 Å². The van der Waals surface area contributed by atoms with Gasteiger partial charge in [0, 0.05) is 11.3 Å². The van der Waals surface area contributed by atoms with E-state index in [2.05, 4.69) is 11.5 Å². The second-order valence-electron chi connectivity index (χ2n) is 2.00. The zero-order chi connectivity index (χ0) is 7.40. The molecule has 0 fully saturated rings. The molecule has 0 unspecified atom stereocenters. The van der Waals surface area contributed by atoms with E-state index in [-0.39, 0.29) is 0 Å². The topological polar surface area (TPSA) is 26.0 Å². The predicted molar refractivity (Wildman–Crippen MR) is 47.7 cm³/mol. The van der Waals surface area contributed by atoms with Crippen molar-refractivity contribution < 1.29 is 0 Å². The lowest BCUT2D eigenvalue weighted by atomic mass is 10.2. The van der Waals surface area contributed by atoms with Gasteiger partial charge in [-0.15, -0.1) is 5.54 Å². The van der Waals surface area contributed by atoms with Crippen LogP contribution in [0.4, 0.5) is 5.69 Å². The summed E-state index contributed by atoms with van der Waals surface area (Å²) in [5.74, 6) is 2.98. The summed E-state index contributed by atoms with van der Waals surface area (Å²) in [6, 6.07) is 7.61. The quantitative estimate of drug-likeness (QED) is 0.311. The van der Waals surface area contributed by atoms with Crippen molar-refractivity contribution in [1.82, 2.24) is 0 Å². The average molecular weight is 147 g/mol. The Hall–Kier alpha value is -1.20. The largest absolute Gasteiger partial charge is 0.399 e. The summed E-state index contributed by atoms with van der Waals surface area (Å²) in [5.41, 5.74) is 10.3. The lowest BCUT2D eigenvalue weighted by molar-refractivity contribution is 1.64. The molecule has 0 bridgehead atoms. The molecule has 0 radical (unpaired) electrons. The lowest BCUT2D eigenvalue weighted by Gasteiger charge is -1.91. The Bertz CT molecular complexity index is 283. The summed E-state index contributed by atoms with van der Waals surface area (Å²) >= 11 is 0. The number of nitrogens with two attached hydrogens (primary N) is 1. The van der Waals surface area contributed by atoms with Crippen LogP contribution in [0.15, 0.2) is 24.3 Å². The van der Waals surface area contributed by atoms with Gasteiger partial charge in [0.05, 0.1) is 10.2 Å². The maximum atomic E-state index is 5.53. The molecular formula is C8H9NSi. The van der Waals surface area contributed by atoms with Crippen LogP contribution in [0.2, 0.25) is 0 Å². The second-order valence-corrected chi connectivity index (χ2v) is 2.50. The number of benzene rings is 1. The fraction of sp³-hybridized carbons (Fsp3) is 0. The zero-order valence-corrected chi connectivity index (χ0v) is 7.89. The van der Waals surface area contributed by atoms with E-state index in [1.807, 2.05) is 24.3 Å². The van der Waals surface area contributed by atoms with E-state index in [4.69, 9.17) is 5.73 Å². The summed E-state index contributed by atoms with van der Waals surface area (Å²) in [5, 5.41) is 0. The van der Waals surface area contributed by atoms with Gasteiger partial charge in [-0.25, -0.2) is 0 Å². The first-order valence-electron chi connectivity index (χ1n) is 3.11. The first-order valence-corrected chi connectivity index (χ1v) is 4.11. The SMILES string of the molecule is Nc1cccc(C#C[SiH3])c1. The first kappa shape index (κ1) is 6.91. The standard InChI is InChI=1S/C8H9NSi/c9-8-3-1-2-7(6-8)4-5-10/h1-3,6H,9H2,10H3. The third kappa shape index (κ3) is 1.64. The third-order valence-electron chi connectivity index (χ3n) is 1.16. The Morgan fingerprint density at radius 2 is 2.20 bits per heavy atom. The monoisotopic (exact) mass is 147 g/mol. The second kappa shape index (κ2) is 3.09. The highest BCUT2D eigenvalue weighted by atomic mass is 28.1. The van der Waals surface area contributed by atoms with Crippen molar-refractivity contribution in [2.24, 2.45) is 0 Å². The molecule has 0 spiro atoms. The van der Waals surface area contributed by atoms with E-state index < -0.39 is 0 Å². The minimum Gasteiger partial charge on any atom is -0.399 e. The number of anilines is 1. The molecule has 1 nitrogen and oxygen atoms in total. The van der Waals surface area contributed by atoms with Crippen molar-refractivity contribution >= 4 is 15.9 Å². The van der Waals surface area contributed by atoms with Crippen molar-refractivity contribution in [3.05, 3.63) is 29.8 Å². The van der Waals surface area contributed by atoms with Gasteiger partial charge in [-0.2, -0.15) is 0 Å². The first-order chi connectivity index (χ1) is 4.83. The Morgan fingerprint density at radius 1 is 1.40 bits per heavy atom. The van der Waals surface area contributed by atoms with Gasteiger partial charge in [-0.3, -0.25) is 0 Å². The van der Waals surface area contributed by atoms with Crippen LogP contribution in [0.1, 0.15) is 5.56 Å². The van der Waals surface area contributed by atoms with Crippen LogP contribution in [-0.2, 0) is 0 Å². The molecule has 0 heterocycles. The van der Waals surface area contributed by atoms with Gasteiger partial charge in [0.2, 0.25) is 0 Å². The normalized spacial score (nSPS) is 8.40. The van der Waals surface area contributed by atoms with Gasteiger partial charge in [0.25, 0.3) is 0 Å². The Balaban J connectivity index is 3.03. The third-order valence-corrected chi connectivity index (χ3v) is 1.41.